The summed E-state index contributed by atoms with van der Waals surface area (Å²) in [6.45, 7) is 5.04. The van der Waals surface area contributed by atoms with Crippen LogP contribution in [-0.2, 0) is 32.0 Å². The Labute approximate surface area is 197 Å². The van der Waals surface area contributed by atoms with E-state index in [0.29, 0.717) is 5.69 Å². The van der Waals surface area contributed by atoms with E-state index in [9.17, 15) is 24.3 Å². The van der Waals surface area contributed by atoms with Gasteiger partial charge in [-0.1, -0.05) is 44.2 Å². The number of carboxylic acids is 1. The van der Waals surface area contributed by atoms with Gasteiger partial charge in [0.2, 0.25) is 17.7 Å². The lowest BCUT2D eigenvalue weighted by molar-refractivity contribution is -0.142. The van der Waals surface area contributed by atoms with Crippen LogP contribution in [0.25, 0.3) is 0 Å². The van der Waals surface area contributed by atoms with Gasteiger partial charge in [-0.15, -0.1) is 0 Å². The molecule has 11 nitrogen and oxygen atoms in total. The highest BCUT2D eigenvalue weighted by molar-refractivity contribution is 5.94. The first-order chi connectivity index (χ1) is 16.1. The molecular formula is C23H32N6O5. The number of nitrogens with one attached hydrogen (secondary N) is 4. The van der Waals surface area contributed by atoms with Crippen LogP contribution in [0.3, 0.4) is 0 Å². The molecule has 7 N–H and O–H groups in total. The predicted molar refractivity (Wildman–Crippen MR) is 124 cm³/mol. The van der Waals surface area contributed by atoms with Crippen molar-refractivity contribution in [1.29, 1.82) is 0 Å². The first-order valence-electron chi connectivity index (χ1n) is 11.0. The van der Waals surface area contributed by atoms with Crippen molar-refractivity contribution in [1.82, 2.24) is 25.9 Å². The molecule has 0 saturated heterocycles. The van der Waals surface area contributed by atoms with Crippen LogP contribution in [0.15, 0.2) is 42.9 Å². The second-order valence-corrected chi connectivity index (χ2v) is 8.43. The lowest BCUT2D eigenvalue weighted by Crippen LogP contribution is -2.57. The van der Waals surface area contributed by atoms with Gasteiger partial charge in [-0.05, 0) is 18.4 Å². The summed E-state index contributed by atoms with van der Waals surface area (Å²) < 4.78 is 0. The van der Waals surface area contributed by atoms with Crippen LogP contribution in [0.4, 0.5) is 0 Å². The Morgan fingerprint density at radius 3 is 2.15 bits per heavy atom. The number of nitrogens with two attached hydrogens (primary N) is 1. The molecule has 0 aliphatic carbocycles. The first-order valence-corrected chi connectivity index (χ1v) is 11.0. The number of carbonyl (C=O) groups excluding carboxylic acids is 3. The smallest absolute Gasteiger partial charge is 0.326 e. The zero-order valence-electron chi connectivity index (χ0n) is 19.4. The summed E-state index contributed by atoms with van der Waals surface area (Å²) in [6.07, 6.45) is 3.04. The minimum Gasteiger partial charge on any atom is -0.480 e. The van der Waals surface area contributed by atoms with Crippen molar-refractivity contribution < 1.29 is 24.3 Å². The van der Waals surface area contributed by atoms with Crippen LogP contribution in [-0.4, -0.2) is 62.9 Å². The van der Waals surface area contributed by atoms with Crippen molar-refractivity contribution in [3.63, 3.8) is 0 Å². The Kier molecular flexibility index (Phi) is 9.75. The van der Waals surface area contributed by atoms with E-state index in [-0.39, 0.29) is 18.8 Å². The number of amides is 3. The number of imidazole rings is 1. The van der Waals surface area contributed by atoms with E-state index >= 15 is 0 Å². The van der Waals surface area contributed by atoms with Crippen molar-refractivity contribution in [2.75, 3.05) is 0 Å². The second kappa shape index (κ2) is 12.5. The fraction of sp³-hybridized carbons (Fsp3) is 0.435. The molecule has 1 aromatic heterocycles. The van der Waals surface area contributed by atoms with Gasteiger partial charge in [-0.25, -0.2) is 9.78 Å². The van der Waals surface area contributed by atoms with Crippen molar-refractivity contribution in [2.45, 2.75) is 57.8 Å². The minimum atomic E-state index is -1.20. The third-order valence-electron chi connectivity index (χ3n) is 5.28. The number of aliphatic carboxylic acids is 1. The number of rotatable bonds is 12. The van der Waals surface area contributed by atoms with Crippen molar-refractivity contribution in [3.05, 3.63) is 54.1 Å². The molecular weight excluding hydrogens is 440 g/mol. The normalized spacial score (nSPS) is 14.5. The Morgan fingerprint density at radius 2 is 1.59 bits per heavy atom. The summed E-state index contributed by atoms with van der Waals surface area (Å²) in [6, 6.07) is 4.83. The average molecular weight is 473 g/mol. The molecule has 1 aromatic carbocycles. The van der Waals surface area contributed by atoms with E-state index in [1.807, 2.05) is 6.07 Å². The maximum Gasteiger partial charge on any atom is 0.326 e. The molecule has 0 fully saturated rings. The number of benzene rings is 1. The summed E-state index contributed by atoms with van der Waals surface area (Å²) in [5.41, 5.74) is 7.12. The van der Waals surface area contributed by atoms with Crippen LogP contribution >= 0.6 is 0 Å². The molecule has 0 bridgehead atoms. The minimum absolute atomic E-state index is 0.0431. The first kappa shape index (κ1) is 26.5. The summed E-state index contributed by atoms with van der Waals surface area (Å²) in [5, 5.41) is 17.2. The van der Waals surface area contributed by atoms with E-state index in [2.05, 4.69) is 25.9 Å². The monoisotopic (exact) mass is 472 g/mol. The zero-order valence-corrected chi connectivity index (χ0v) is 19.4. The molecule has 4 atom stereocenters. The van der Waals surface area contributed by atoms with Gasteiger partial charge < -0.3 is 31.8 Å². The highest BCUT2D eigenvalue weighted by atomic mass is 16.4. The van der Waals surface area contributed by atoms with Gasteiger partial charge in [-0.2, -0.15) is 0 Å². The Hall–Kier alpha value is -3.73. The van der Waals surface area contributed by atoms with Gasteiger partial charge in [0.15, 0.2) is 0 Å². The van der Waals surface area contributed by atoms with E-state index in [1.165, 1.54) is 19.4 Å². The van der Waals surface area contributed by atoms with Gasteiger partial charge in [-0.3, -0.25) is 14.4 Å². The lowest BCUT2D eigenvalue weighted by Gasteiger charge is -2.24. The van der Waals surface area contributed by atoms with Gasteiger partial charge in [0.05, 0.1) is 12.4 Å². The molecule has 2 aromatic rings. The zero-order chi connectivity index (χ0) is 25.3. The highest BCUT2D eigenvalue weighted by Gasteiger charge is 2.29. The second-order valence-electron chi connectivity index (χ2n) is 8.43. The number of aromatic amines is 1. The molecule has 3 amide bonds. The molecule has 0 spiro atoms. The quantitative estimate of drug-likeness (QED) is 0.246. The summed E-state index contributed by atoms with van der Waals surface area (Å²) in [5.74, 6) is -3.09. The Balaban J connectivity index is 2.11. The number of hydrogen-bond acceptors (Lipinski definition) is 6. The molecule has 11 heteroatoms. The number of hydrogen-bond donors (Lipinski definition) is 6. The largest absolute Gasteiger partial charge is 0.480 e. The number of aromatic nitrogens is 2. The molecule has 0 aliphatic heterocycles. The number of carboxylic acid groups (broad SMARTS) is 1. The van der Waals surface area contributed by atoms with E-state index in [4.69, 9.17) is 5.73 Å². The third kappa shape index (κ3) is 8.00. The predicted octanol–water partition coefficient (Wildman–Crippen LogP) is -0.263. The Bertz CT molecular complexity index is 963. The van der Waals surface area contributed by atoms with Crippen molar-refractivity contribution in [3.8, 4) is 0 Å². The molecule has 184 valence electrons. The van der Waals surface area contributed by atoms with Crippen LogP contribution in [0, 0.1) is 5.92 Å². The fourth-order valence-corrected chi connectivity index (χ4v) is 3.12. The molecule has 1 heterocycles. The summed E-state index contributed by atoms with van der Waals surface area (Å²) in [4.78, 5) is 56.5. The standard InChI is InChI=1S/C23H32N6O5/c1-13(2)19(24)22(32)27-14(3)20(30)28-17(10-16-11-25-12-26-16)21(31)29-18(23(33)34)9-15-7-5-4-6-8-15/h4-8,11-14,17-19H,9-10,24H2,1-3H3,(H,25,26)(H,27,32)(H,28,30)(H,29,31)(H,33,34). The van der Waals surface area contributed by atoms with E-state index in [0.717, 1.165) is 5.56 Å². The van der Waals surface area contributed by atoms with Gasteiger partial charge in [0.1, 0.15) is 18.1 Å². The molecule has 4 unspecified atom stereocenters. The summed E-state index contributed by atoms with van der Waals surface area (Å²) in [7, 11) is 0. The molecule has 0 saturated carbocycles. The van der Waals surface area contributed by atoms with E-state index in [1.54, 1.807) is 38.1 Å². The third-order valence-corrected chi connectivity index (χ3v) is 5.28. The fourth-order valence-electron chi connectivity index (χ4n) is 3.12. The molecule has 0 radical (unpaired) electrons. The number of nitrogens with zero attached hydrogens (tertiary/aromatic N) is 1. The van der Waals surface area contributed by atoms with Crippen LogP contribution < -0.4 is 21.7 Å². The summed E-state index contributed by atoms with van der Waals surface area (Å²) >= 11 is 0. The van der Waals surface area contributed by atoms with Crippen LogP contribution in [0.1, 0.15) is 32.0 Å². The highest BCUT2D eigenvalue weighted by Crippen LogP contribution is 2.06. The maximum atomic E-state index is 13.0. The lowest BCUT2D eigenvalue weighted by atomic mass is 10.0. The molecule has 34 heavy (non-hydrogen) atoms. The SMILES string of the molecule is CC(NC(=O)C(N)C(C)C)C(=O)NC(Cc1cnc[nH]1)C(=O)NC(Cc1ccccc1)C(=O)O. The van der Waals surface area contributed by atoms with Gasteiger partial charge in [0.25, 0.3) is 0 Å². The van der Waals surface area contributed by atoms with Gasteiger partial charge >= 0.3 is 5.97 Å². The number of H-pyrrole nitrogens is 1. The van der Waals surface area contributed by atoms with Crippen LogP contribution in [0.5, 0.6) is 0 Å². The Morgan fingerprint density at radius 1 is 0.941 bits per heavy atom. The van der Waals surface area contributed by atoms with Crippen molar-refractivity contribution >= 4 is 23.7 Å². The van der Waals surface area contributed by atoms with Crippen molar-refractivity contribution in [2.24, 2.45) is 11.7 Å². The number of carbonyl (C=O) groups is 4. The topological polar surface area (TPSA) is 179 Å². The maximum absolute atomic E-state index is 13.0. The van der Waals surface area contributed by atoms with Gasteiger partial charge in [0, 0.05) is 24.7 Å². The average Bonchev–Trinajstić information content (AvgIpc) is 3.31. The van der Waals surface area contributed by atoms with E-state index < -0.39 is 47.9 Å². The molecule has 0 aliphatic rings. The van der Waals surface area contributed by atoms with Crippen LogP contribution in [0.2, 0.25) is 0 Å². The molecule has 2 rings (SSSR count).